The molecule has 1 atom stereocenters. The molecular weight excluding hydrogens is 386 g/mol. The number of nitrogens with zero attached hydrogens (tertiary/aromatic N) is 2. The summed E-state index contributed by atoms with van der Waals surface area (Å²) in [5.41, 5.74) is -0.0554. The summed E-state index contributed by atoms with van der Waals surface area (Å²) in [5.74, 6) is 0.327. The number of hydrogen-bond acceptors (Lipinski definition) is 4. The number of aromatic nitrogens is 2. The number of H-pyrrole nitrogens is 1. The van der Waals surface area contributed by atoms with Crippen molar-refractivity contribution in [2.24, 2.45) is 0 Å². The van der Waals surface area contributed by atoms with E-state index in [0.29, 0.717) is 31.0 Å². The number of carbonyl (C=O) groups is 1. The topological polar surface area (TPSA) is 75.3 Å². The number of hydrogen-bond donors (Lipinski definition) is 1. The minimum atomic E-state index is -0.411. The molecule has 120 valence electrons. The third kappa shape index (κ3) is 3.56. The highest BCUT2D eigenvalue weighted by Crippen LogP contribution is 2.25. The zero-order chi connectivity index (χ0) is 16.4. The summed E-state index contributed by atoms with van der Waals surface area (Å²) in [4.78, 5) is 32.0. The Kier molecular flexibility index (Phi) is 4.68. The van der Waals surface area contributed by atoms with Crippen molar-refractivity contribution in [3.63, 3.8) is 0 Å². The lowest BCUT2D eigenvalue weighted by Crippen LogP contribution is -2.31. The van der Waals surface area contributed by atoms with Gasteiger partial charge >= 0.3 is 0 Å². The summed E-state index contributed by atoms with van der Waals surface area (Å²) in [6, 6.07) is 5.04. The molecule has 0 aromatic carbocycles. The highest BCUT2D eigenvalue weighted by Gasteiger charge is 2.29. The molecule has 0 bridgehead atoms. The first kappa shape index (κ1) is 16.0. The van der Waals surface area contributed by atoms with Crippen molar-refractivity contribution >= 4 is 33.4 Å². The lowest BCUT2D eigenvalue weighted by atomic mass is 10.2. The van der Waals surface area contributed by atoms with Crippen LogP contribution in [0.4, 0.5) is 0 Å². The van der Waals surface area contributed by atoms with Gasteiger partial charge in [0, 0.05) is 25.4 Å². The predicted octanol–water partition coefficient (Wildman–Crippen LogP) is 2.48. The minimum Gasteiger partial charge on any atom is -0.472 e. The van der Waals surface area contributed by atoms with Crippen LogP contribution < -0.4 is 10.3 Å². The van der Waals surface area contributed by atoms with Crippen LogP contribution in [0.3, 0.4) is 0 Å². The fourth-order valence-electron chi connectivity index (χ4n) is 2.39. The number of likely N-dealkylation sites (tertiary alicyclic amines) is 1. The number of nitrogens with one attached hydrogen (secondary N) is 1. The van der Waals surface area contributed by atoms with Crippen molar-refractivity contribution in [2.45, 2.75) is 12.5 Å². The molecule has 1 saturated heterocycles. The molecular formula is C15H13BrClN3O3. The van der Waals surface area contributed by atoms with Crippen LogP contribution in [0, 0.1) is 0 Å². The van der Waals surface area contributed by atoms with Gasteiger partial charge in [-0.25, -0.2) is 4.98 Å². The van der Waals surface area contributed by atoms with Gasteiger partial charge in [0.05, 0.1) is 16.6 Å². The van der Waals surface area contributed by atoms with Gasteiger partial charge in [-0.2, -0.15) is 0 Å². The van der Waals surface area contributed by atoms with Gasteiger partial charge in [-0.15, -0.1) is 0 Å². The smallest absolute Gasteiger partial charge is 0.266 e. The Labute approximate surface area is 145 Å². The molecule has 6 nitrogen and oxygen atoms in total. The molecule has 23 heavy (non-hydrogen) atoms. The molecule has 1 aliphatic heterocycles. The molecule has 1 fully saturated rings. The van der Waals surface area contributed by atoms with Gasteiger partial charge in [-0.3, -0.25) is 9.59 Å². The summed E-state index contributed by atoms with van der Waals surface area (Å²) in [6.45, 7) is 1.03. The number of amides is 1. The lowest BCUT2D eigenvalue weighted by Gasteiger charge is -2.17. The number of carbonyl (C=O) groups excluding carboxylic acids is 1. The Morgan fingerprint density at radius 3 is 3.09 bits per heavy atom. The van der Waals surface area contributed by atoms with Gasteiger partial charge in [-0.05, 0) is 34.1 Å². The van der Waals surface area contributed by atoms with Crippen LogP contribution >= 0.6 is 27.5 Å². The van der Waals surface area contributed by atoms with Crippen molar-refractivity contribution in [1.82, 2.24) is 14.9 Å². The van der Waals surface area contributed by atoms with Crippen molar-refractivity contribution in [3.05, 3.63) is 56.0 Å². The van der Waals surface area contributed by atoms with E-state index in [2.05, 4.69) is 25.9 Å². The van der Waals surface area contributed by atoms with Gasteiger partial charge in [0.1, 0.15) is 11.1 Å². The van der Waals surface area contributed by atoms with E-state index < -0.39 is 5.56 Å². The molecule has 2 aromatic rings. The number of pyridine rings is 2. The quantitative estimate of drug-likeness (QED) is 0.862. The highest BCUT2D eigenvalue weighted by atomic mass is 79.9. The standard InChI is InChI=1S/C15H13BrClN3O3/c16-11-2-1-4-18-14(11)23-10-3-5-20(8-10)15(22)9-6-12(17)13(21)19-7-9/h1-2,4,6-7,10H,3,5,8H2,(H,19,21)/t10-/m0/s1. The third-order valence-electron chi connectivity index (χ3n) is 3.54. The third-order valence-corrected chi connectivity index (χ3v) is 4.42. The van der Waals surface area contributed by atoms with Crippen molar-refractivity contribution in [2.75, 3.05) is 13.1 Å². The van der Waals surface area contributed by atoms with E-state index in [9.17, 15) is 9.59 Å². The largest absolute Gasteiger partial charge is 0.472 e. The second-order valence-electron chi connectivity index (χ2n) is 5.14. The molecule has 0 saturated carbocycles. The summed E-state index contributed by atoms with van der Waals surface area (Å²) in [6.07, 6.45) is 3.62. The van der Waals surface area contributed by atoms with Gasteiger partial charge in [0.15, 0.2) is 0 Å². The first-order chi connectivity index (χ1) is 11.0. The number of aromatic amines is 1. The Morgan fingerprint density at radius 1 is 1.52 bits per heavy atom. The van der Waals surface area contributed by atoms with E-state index >= 15 is 0 Å². The van der Waals surface area contributed by atoms with Gasteiger partial charge in [0.2, 0.25) is 5.88 Å². The summed E-state index contributed by atoms with van der Waals surface area (Å²) in [5, 5.41) is 0.000244. The fourth-order valence-corrected chi connectivity index (χ4v) is 2.91. The zero-order valence-corrected chi connectivity index (χ0v) is 14.3. The Balaban J connectivity index is 1.67. The number of ether oxygens (including phenoxy) is 1. The molecule has 3 rings (SSSR count). The second-order valence-corrected chi connectivity index (χ2v) is 6.40. The van der Waals surface area contributed by atoms with Crippen LogP contribution in [-0.2, 0) is 0 Å². The Hall–Kier alpha value is -1.86. The van der Waals surface area contributed by atoms with Crippen LogP contribution in [0.15, 0.2) is 39.9 Å². The number of halogens is 2. The molecule has 3 heterocycles. The molecule has 0 spiro atoms. The van der Waals surface area contributed by atoms with E-state index in [1.807, 2.05) is 6.07 Å². The molecule has 2 aromatic heterocycles. The Morgan fingerprint density at radius 2 is 2.35 bits per heavy atom. The fraction of sp³-hybridized carbons (Fsp3) is 0.267. The average molecular weight is 399 g/mol. The van der Waals surface area contributed by atoms with Crippen molar-refractivity contribution < 1.29 is 9.53 Å². The van der Waals surface area contributed by atoms with Crippen LogP contribution in [0.25, 0.3) is 0 Å². The SMILES string of the molecule is O=C(c1c[nH]c(=O)c(Cl)c1)N1CC[C@H](Oc2ncccc2Br)C1. The first-order valence-electron chi connectivity index (χ1n) is 6.99. The first-order valence-corrected chi connectivity index (χ1v) is 8.16. The monoisotopic (exact) mass is 397 g/mol. The van der Waals surface area contributed by atoms with E-state index in [1.54, 1.807) is 17.2 Å². The van der Waals surface area contributed by atoms with Crippen molar-refractivity contribution in [3.8, 4) is 5.88 Å². The predicted molar refractivity (Wildman–Crippen MR) is 88.9 cm³/mol. The molecule has 0 radical (unpaired) electrons. The van der Waals surface area contributed by atoms with Crippen LogP contribution in [-0.4, -0.2) is 40.0 Å². The van der Waals surface area contributed by atoms with E-state index in [4.69, 9.17) is 16.3 Å². The maximum Gasteiger partial charge on any atom is 0.266 e. The minimum absolute atomic E-state index is 0.000244. The van der Waals surface area contributed by atoms with Crippen LogP contribution in [0.5, 0.6) is 5.88 Å². The van der Waals surface area contributed by atoms with Gasteiger partial charge in [-0.1, -0.05) is 11.6 Å². The van der Waals surface area contributed by atoms with Gasteiger partial charge < -0.3 is 14.6 Å². The average Bonchev–Trinajstić information content (AvgIpc) is 3.00. The van der Waals surface area contributed by atoms with Gasteiger partial charge in [0.25, 0.3) is 11.5 Å². The van der Waals surface area contributed by atoms with E-state index in [1.165, 1.54) is 12.3 Å². The molecule has 0 unspecified atom stereocenters. The summed E-state index contributed by atoms with van der Waals surface area (Å²) >= 11 is 9.15. The van der Waals surface area contributed by atoms with Crippen molar-refractivity contribution in [1.29, 1.82) is 0 Å². The highest BCUT2D eigenvalue weighted by molar-refractivity contribution is 9.10. The molecule has 1 amide bonds. The lowest BCUT2D eigenvalue weighted by molar-refractivity contribution is 0.0770. The van der Waals surface area contributed by atoms with E-state index in [-0.39, 0.29) is 17.0 Å². The van der Waals surface area contributed by atoms with Crippen LogP contribution in [0.1, 0.15) is 16.8 Å². The maximum atomic E-state index is 12.4. The Bertz CT molecular complexity index is 796. The zero-order valence-electron chi connectivity index (χ0n) is 12.0. The van der Waals surface area contributed by atoms with E-state index in [0.717, 1.165) is 4.47 Å². The number of rotatable bonds is 3. The molecule has 1 aliphatic rings. The summed E-state index contributed by atoms with van der Waals surface area (Å²) < 4.78 is 6.60. The van der Waals surface area contributed by atoms with Crippen LogP contribution in [0.2, 0.25) is 5.02 Å². The normalized spacial score (nSPS) is 17.3. The molecule has 0 aliphatic carbocycles. The second kappa shape index (κ2) is 6.72. The molecule has 8 heteroatoms. The molecule has 1 N–H and O–H groups in total. The summed E-state index contributed by atoms with van der Waals surface area (Å²) in [7, 11) is 0. The maximum absolute atomic E-state index is 12.4.